The summed E-state index contributed by atoms with van der Waals surface area (Å²) in [7, 11) is 0. The van der Waals surface area contributed by atoms with Crippen LogP contribution < -0.4 is 0 Å². The molecule has 4 heterocycles. The molecule has 8 aromatic rings. The third kappa shape index (κ3) is 5.48. The van der Waals surface area contributed by atoms with Crippen LogP contribution in [0.5, 0.6) is 0 Å². The largest absolute Gasteiger partial charge is 0.500 e. The van der Waals surface area contributed by atoms with Gasteiger partial charge in [-0.1, -0.05) is 41.3 Å². The zero-order chi connectivity index (χ0) is 28.5. The fourth-order valence-electron chi connectivity index (χ4n) is 5.01. The van der Waals surface area contributed by atoms with E-state index in [9.17, 15) is 4.39 Å². The Bertz CT molecular complexity index is 2120. The van der Waals surface area contributed by atoms with Gasteiger partial charge in [-0.15, -0.1) is 54.1 Å². The second-order valence-corrected chi connectivity index (χ2v) is 9.79. The number of benzene rings is 4. The number of furan rings is 1. The van der Waals surface area contributed by atoms with E-state index < -0.39 is 0 Å². The summed E-state index contributed by atoms with van der Waals surface area (Å²) in [5, 5.41) is 1.76. The smallest absolute Gasteiger partial charge is 0.155 e. The van der Waals surface area contributed by atoms with Gasteiger partial charge in [-0.25, -0.2) is 9.37 Å². The number of imidazole rings is 1. The molecule has 0 N–H and O–H groups in total. The van der Waals surface area contributed by atoms with Gasteiger partial charge in [0.25, 0.3) is 0 Å². The Morgan fingerprint density at radius 1 is 0.791 bits per heavy atom. The third-order valence-electron chi connectivity index (χ3n) is 6.92. The molecule has 0 amide bonds. The van der Waals surface area contributed by atoms with Gasteiger partial charge in [-0.2, -0.15) is 0 Å². The van der Waals surface area contributed by atoms with Gasteiger partial charge in [0.15, 0.2) is 5.65 Å². The average Bonchev–Trinajstić information content (AvgIpc) is 3.60. The van der Waals surface area contributed by atoms with Crippen LogP contribution in [-0.4, -0.2) is 19.5 Å². The van der Waals surface area contributed by atoms with E-state index in [4.69, 9.17) is 9.40 Å². The molecule has 0 aliphatic heterocycles. The van der Waals surface area contributed by atoms with Crippen molar-refractivity contribution in [3.63, 3.8) is 0 Å². The van der Waals surface area contributed by atoms with Gasteiger partial charge in [-0.05, 0) is 54.6 Å². The predicted molar refractivity (Wildman–Crippen MR) is 164 cm³/mol. The zero-order valence-electron chi connectivity index (χ0n) is 23.0. The molecule has 0 saturated heterocycles. The second-order valence-electron chi connectivity index (χ2n) is 9.79. The van der Waals surface area contributed by atoms with Crippen LogP contribution in [0.4, 0.5) is 4.39 Å². The van der Waals surface area contributed by atoms with Gasteiger partial charge in [0.2, 0.25) is 0 Å². The number of halogens is 1. The van der Waals surface area contributed by atoms with E-state index in [-0.39, 0.29) is 25.9 Å². The van der Waals surface area contributed by atoms with Crippen molar-refractivity contribution in [2.45, 2.75) is 6.92 Å². The minimum absolute atomic E-state index is 0. The molecule has 7 heteroatoms. The Balaban J connectivity index is 0.000000213. The molecule has 8 rings (SSSR count). The number of fused-ring (bicyclic) bond motifs is 4. The van der Waals surface area contributed by atoms with Crippen molar-refractivity contribution in [2.24, 2.45) is 0 Å². The molecule has 1 radical (unpaired) electrons. The number of aromatic nitrogens is 4. The first-order valence-electron chi connectivity index (χ1n) is 13.5. The van der Waals surface area contributed by atoms with Gasteiger partial charge in [0, 0.05) is 49.6 Å². The minimum atomic E-state index is -0.330. The molecular weight excluding hydrogens is 716 g/mol. The molecule has 0 spiro atoms. The standard InChI is InChI=1S/C25H15FN3O.C11H8N.Ir/c1-15-12-21-25(27-14-15)29(17-6-3-2-4-7-17)24(28-21)20-9-5-8-19-18-11-10-16(26)13-22(18)30-23(19)20;1-2-6-10(7-3-1)11-8-4-5-9-12-11;/h2-8,10-14H,1H3;1-6,8-9H;/q2*-1;. The van der Waals surface area contributed by atoms with Crippen LogP contribution in [0.25, 0.3) is 61.4 Å². The Hall–Kier alpha value is -4.97. The summed E-state index contributed by atoms with van der Waals surface area (Å²) in [6.45, 7) is 1.99. The molecule has 0 bridgehead atoms. The van der Waals surface area contributed by atoms with Gasteiger partial charge >= 0.3 is 0 Å². The van der Waals surface area contributed by atoms with Gasteiger partial charge in [-0.3, -0.25) is 4.98 Å². The van der Waals surface area contributed by atoms with Crippen molar-refractivity contribution in [3.8, 4) is 28.3 Å². The molecule has 43 heavy (non-hydrogen) atoms. The third-order valence-corrected chi connectivity index (χ3v) is 6.92. The topological polar surface area (TPSA) is 56.7 Å². The summed E-state index contributed by atoms with van der Waals surface area (Å²) < 4.78 is 21.9. The van der Waals surface area contributed by atoms with Crippen LogP contribution in [0.15, 0.2) is 126 Å². The first-order chi connectivity index (χ1) is 20.7. The first-order valence-corrected chi connectivity index (χ1v) is 13.5. The maximum absolute atomic E-state index is 13.8. The Kier molecular flexibility index (Phi) is 7.92. The van der Waals surface area contributed by atoms with E-state index >= 15 is 0 Å². The van der Waals surface area contributed by atoms with Crippen LogP contribution in [0.1, 0.15) is 5.56 Å². The van der Waals surface area contributed by atoms with Crippen molar-refractivity contribution in [3.05, 3.63) is 145 Å². The van der Waals surface area contributed by atoms with Gasteiger partial charge in [0.05, 0.1) is 16.9 Å². The van der Waals surface area contributed by atoms with Crippen molar-refractivity contribution >= 4 is 33.1 Å². The molecule has 0 unspecified atom stereocenters. The molecule has 0 fully saturated rings. The van der Waals surface area contributed by atoms with Gasteiger partial charge in [0.1, 0.15) is 11.4 Å². The maximum atomic E-state index is 13.8. The first kappa shape index (κ1) is 28.2. The number of hydrogen-bond acceptors (Lipinski definition) is 4. The second kappa shape index (κ2) is 12.1. The number of rotatable bonds is 3. The van der Waals surface area contributed by atoms with Crippen molar-refractivity contribution in [2.75, 3.05) is 0 Å². The molecule has 4 aromatic carbocycles. The van der Waals surface area contributed by atoms with E-state index in [1.165, 1.54) is 12.1 Å². The SMILES string of the molecule is Cc1cnc2c(c1)nc(-c1[c-]ccc3c1oc1cc(F)ccc13)n2-c1ccccc1.[Ir].[c-]1ccccc1-c1ccccn1. The number of nitrogens with zero attached hydrogens (tertiary/aromatic N) is 4. The Morgan fingerprint density at radius 3 is 2.42 bits per heavy atom. The van der Waals surface area contributed by atoms with E-state index in [1.54, 1.807) is 12.3 Å². The Labute approximate surface area is 261 Å². The Morgan fingerprint density at radius 2 is 1.63 bits per heavy atom. The van der Waals surface area contributed by atoms with E-state index in [1.807, 2.05) is 109 Å². The van der Waals surface area contributed by atoms with Crippen LogP contribution in [0, 0.1) is 24.9 Å². The summed E-state index contributed by atoms with van der Waals surface area (Å²) >= 11 is 0. The molecule has 0 aliphatic carbocycles. The van der Waals surface area contributed by atoms with Crippen molar-refractivity contribution < 1.29 is 28.9 Å². The monoisotopic (exact) mass is 739 g/mol. The molecule has 0 saturated carbocycles. The van der Waals surface area contributed by atoms with Crippen LogP contribution >= 0.6 is 0 Å². The van der Waals surface area contributed by atoms with E-state index in [0.29, 0.717) is 22.6 Å². The summed E-state index contributed by atoms with van der Waals surface area (Å²) in [6.07, 6.45) is 3.62. The number of pyridine rings is 2. The van der Waals surface area contributed by atoms with Gasteiger partial charge < -0.3 is 14.0 Å². The molecule has 0 aliphatic rings. The number of para-hydroxylation sites is 1. The van der Waals surface area contributed by atoms with E-state index in [2.05, 4.69) is 22.1 Å². The van der Waals surface area contributed by atoms with Crippen molar-refractivity contribution in [1.82, 2.24) is 19.5 Å². The molecular formula is C36H23FIrN4O-2. The van der Waals surface area contributed by atoms with E-state index in [0.717, 1.165) is 44.4 Å². The average molecular weight is 739 g/mol. The summed E-state index contributed by atoms with van der Waals surface area (Å²) in [6, 6.07) is 40.5. The molecule has 211 valence electrons. The molecule has 4 aromatic heterocycles. The van der Waals surface area contributed by atoms with Crippen LogP contribution in [-0.2, 0) is 20.1 Å². The van der Waals surface area contributed by atoms with Crippen molar-refractivity contribution in [1.29, 1.82) is 0 Å². The predicted octanol–water partition coefficient (Wildman–Crippen LogP) is 8.78. The normalized spacial score (nSPS) is 10.8. The summed E-state index contributed by atoms with van der Waals surface area (Å²) in [5.41, 5.74) is 7.38. The number of hydrogen-bond donors (Lipinski definition) is 0. The fourth-order valence-corrected chi connectivity index (χ4v) is 5.01. The molecule has 5 nitrogen and oxygen atoms in total. The van der Waals surface area contributed by atoms with Crippen LogP contribution in [0.3, 0.4) is 0 Å². The summed E-state index contributed by atoms with van der Waals surface area (Å²) in [4.78, 5) is 13.8. The fraction of sp³-hybridized carbons (Fsp3) is 0.0278. The zero-order valence-corrected chi connectivity index (χ0v) is 25.4. The van der Waals surface area contributed by atoms with Crippen LogP contribution in [0.2, 0.25) is 0 Å². The minimum Gasteiger partial charge on any atom is -0.500 e. The quantitative estimate of drug-likeness (QED) is 0.170. The maximum Gasteiger partial charge on any atom is 0.155 e. The summed E-state index contributed by atoms with van der Waals surface area (Å²) in [5.74, 6) is 0.350. The molecule has 0 atom stereocenters. The number of aryl methyl sites for hydroxylation is 1.